The van der Waals surface area contributed by atoms with E-state index in [0.29, 0.717) is 29.6 Å². The summed E-state index contributed by atoms with van der Waals surface area (Å²) in [6.07, 6.45) is 0.0865. The smallest absolute Gasteiger partial charge is 0.280 e. The summed E-state index contributed by atoms with van der Waals surface area (Å²) in [5, 5.41) is 6.05. The Morgan fingerprint density at radius 3 is 2.96 bits per heavy atom. The van der Waals surface area contributed by atoms with Crippen molar-refractivity contribution in [1.29, 1.82) is 0 Å². The lowest BCUT2D eigenvalue weighted by Crippen LogP contribution is -2.39. The third-order valence-corrected chi connectivity index (χ3v) is 5.06. The molecular formula is C15H15F2N7OS. The number of carbonyl (C=O) groups is 1. The Hall–Kier alpha value is -2.69. The van der Waals surface area contributed by atoms with Crippen molar-refractivity contribution in [1.82, 2.24) is 29.5 Å². The molecule has 1 fully saturated rings. The number of nitrogens with two attached hydrogens (primary N) is 1. The number of aromatic nitrogens is 5. The van der Waals surface area contributed by atoms with Crippen molar-refractivity contribution in [2.45, 2.75) is 25.2 Å². The van der Waals surface area contributed by atoms with E-state index in [4.69, 9.17) is 5.73 Å². The second kappa shape index (κ2) is 6.56. The predicted octanol–water partition coefficient (Wildman–Crippen LogP) is 2.12. The molecule has 0 aliphatic carbocycles. The quantitative estimate of drug-likeness (QED) is 0.748. The number of fused-ring (bicyclic) bond motifs is 1. The van der Waals surface area contributed by atoms with Crippen LogP contribution in [0, 0.1) is 0 Å². The SMILES string of the molecule is Nc1nc(C(=O)N2CCC[C@H](c3cc(C(F)F)nc4ncnn34)C2)cs1. The Morgan fingerprint density at radius 2 is 2.23 bits per heavy atom. The van der Waals surface area contributed by atoms with Gasteiger partial charge in [0.2, 0.25) is 0 Å². The van der Waals surface area contributed by atoms with Crippen LogP contribution in [0.25, 0.3) is 5.78 Å². The van der Waals surface area contributed by atoms with Gasteiger partial charge in [0.25, 0.3) is 18.1 Å². The summed E-state index contributed by atoms with van der Waals surface area (Å²) >= 11 is 1.21. The van der Waals surface area contributed by atoms with Gasteiger partial charge in [0, 0.05) is 24.4 Å². The highest BCUT2D eigenvalue weighted by atomic mass is 32.1. The molecule has 4 rings (SSSR count). The van der Waals surface area contributed by atoms with Gasteiger partial charge >= 0.3 is 0 Å². The molecule has 0 spiro atoms. The maximum atomic E-state index is 13.2. The molecule has 1 amide bonds. The summed E-state index contributed by atoms with van der Waals surface area (Å²) in [5.41, 5.74) is 6.15. The van der Waals surface area contributed by atoms with E-state index < -0.39 is 6.43 Å². The van der Waals surface area contributed by atoms with E-state index in [2.05, 4.69) is 20.1 Å². The van der Waals surface area contributed by atoms with E-state index in [9.17, 15) is 13.6 Å². The molecule has 1 aliphatic heterocycles. The third kappa shape index (κ3) is 2.98. The highest BCUT2D eigenvalue weighted by molar-refractivity contribution is 7.13. The van der Waals surface area contributed by atoms with Crippen LogP contribution < -0.4 is 5.73 Å². The first-order chi connectivity index (χ1) is 12.5. The average molecular weight is 379 g/mol. The number of piperidine rings is 1. The third-order valence-electron chi connectivity index (χ3n) is 4.39. The zero-order valence-electron chi connectivity index (χ0n) is 13.5. The van der Waals surface area contributed by atoms with Crippen LogP contribution in [0.3, 0.4) is 0 Å². The second-order valence-electron chi connectivity index (χ2n) is 6.04. The van der Waals surface area contributed by atoms with Crippen LogP contribution in [0.4, 0.5) is 13.9 Å². The number of alkyl halides is 2. The highest BCUT2D eigenvalue weighted by Gasteiger charge is 2.29. The molecule has 0 bridgehead atoms. The van der Waals surface area contributed by atoms with Crippen LogP contribution in [0.15, 0.2) is 17.8 Å². The molecule has 4 heterocycles. The maximum absolute atomic E-state index is 13.2. The van der Waals surface area contributed by atoms with Crippen LogP contribution in [-0.2, 0) is 0 Å². The van der Waals surface area contributed by atoms with E-state index in [1.807, 2.05) is 0 Å². The van der Waals surface area contributed by atoms with Crippen LogP contribution in [0.5, 0.6) is 0 Å². The number of carbonyl (C=O) groups excluding carboxylic acids is 1. The summed E-state index contributed by atoms with van der Waals surface area (Å²) in [6.45, 7) is 0.970. The van der Waals surface area contributed by atoms with Gasteiger partial charge in [0.1, 0.15) is 17.7 Å². The van der Waals surface area contributed by atoms with Crippen molar-refractivity contribution in [2.24, 2.45) is 0 Å². The van der Waals surface area contributed by atoms with E-state index in [-0.39, 0.29) is 23.3 Å². The Balaban J connectivity index is 1.65. The highest BCUT2D eigenvalue weighted by Crippen LogP contribution is 2.30. The molecule has 136 valence electrons. The Morgan fingerprint density at radius 1 is 1.38 bits per heavy atom. The molecule has 1 aliphatic rings. The normalized spacial score (nSPS) is 18.0. The number of nitrogens with zero attached hydrogens (tertiary/aromatic N) is 6. The van der Waals surface area contributed by atoms with E-state index in [1.165, 1.54) is 28.2 Å². The Bertz CT molecular complexity index is 957. The van der Waals surface area contributed by atoms with Crippen molar-refractivity contribution in [3.8, 4) is 0 Å². The largest absolute Gasteiger partial charge is 0.375 e. The predicted molar refractivity (Wildman–Crippen MR) is 90.1 cm³/mol. The lowest BCUT2D eigenvalue weighted by atomic mass is 9.94. The van der Waals surface area contributed by atoms with Crippen LogP contribution in [0.2, 0.25) is 0 Å². The first-order valence-corrected chi connectivity index (χ1v) is 8.90. The lowest BCUT2D eigenvalue weighted by molar-refractivity contribution is 0.0699. The minimum Gasteiger partial charge on any atom is -0.375 e. The van der Waals surface area contributed by atoms with Gasteiger partial charge in [-0.15, -0.1) is 11.3 Å². The summed E-state index contributed by atoms with van der Waals surface area (Å²) in [4.78, 5) is 26.1. The second-order valence-corrected chi connectivity index (χ2v) is 6.93. The van der Waals surface area contributed by atoms with Crippen molar-refractivity contribution < 1.29 is 13.6 Å². The number of hydrogen-bond donors (Lipinski definition) is 1. The molecule has 2 N–H and O–H groups in total. The summed E-state index contributed by atoms with van der Waals surface area (Å²) in [6, 6.07) is 1.35. The maximum Gasteiger partial charge on any atom is 0.280 e. The number of amides is 1. The van der Waals surface area contributed by atoms with Crippen LogP contribution in [-0.4, -0.2) is 48.5 Å². The molecule has 0 radical (unpaired) electrons. The van der Waals surface area contributed by atoms with Gasteiger partial charge in [0.15, 0.2) is 5.13 Å². The molecule has 0 aromatic carbocycles. The number of anilines is 1. The van der Waals surface area contributed by atoms with Gasteiger partial charge in [-0.1, -0.05) is 0 Å². The lowest BCUT2D eigenvalue weighted by Gasteiger charge is -2.32. The first kappa shape index (κ1) is 16.8. The topological polar surface area (TPSA) is 102 Å². The number of hydrogen-bond acceptors (Lipinski definition) is 7. The molecule has 3 aromatic heterocycles. The van der Waals surface area contributed by atoms with Gasteiger partial charge in [0.05, 0.1) is 5.69 Å². The van der Waals surface area contributed by atoms with Crippen molar-refractivity contribution >= 4 is 28.2 Å². The fraction of sp³-hybridized carbons (Fsp3) is 0.400. The number of rotatable bonds is 3. The molecule has 1 saturated heterocycles. The fourth-order valence-corrected chi connectivity index (χ4v) is 3.74. The Kier molecular flexibility index (Phi) is 4.23. The molecule has 11 heteroatoms. The van der Waals surface area contributed by atoms with Crippen molar-refractivity contribution in [3.63, 3.8) is 0 Å². The zero-order chi connectivity index (χ0) is 18.3. The van der Waals surface area contributed by atoms with Crippen molar-refractivity contribution in [3.05, 3.63) is 34.9 Å². The van der Waals surface area contributed by atoms with E-state index >= 15 is 0 Å². The van der Waals surface area contributed by atoms with Crippen LogP contribution in [0.1, 0.15) is 47.1 Å². The number of nitrogen functional groups attached to an aromatic ring is 1. The van der Waals surface area contributed by atoms with Gasteiger partial charge in [-0.05, 0) is 18.9 Å². The van der Waals surface area contributed by atoms with Gasteiger partial charge in [-0.2, -0.15) is 10.1 Å². The molecule has 26 heavy (non-hydrogen) atoms. The van der Waals surface area contributed by atoms with E-state index in [1.54, 1.807) is 10.3 Å². The molecule has 8 nitrogen and oxygen atoms in total. The van der Waals surface area contributed by atoms with E-state index in [0.717, 1.165) is 12.8 Å². The number of halogens is 2. The van der Waals surface area contributed by atoms with Gasteiger partial charge < -0.3 is 10.6 Å². The average Bonchev–Trinajstić information content (AvgIpc) is 3.29. The summed E-state index contributed by atoms with van der Waals surface area (Å²) in [5.74, 6) is -0.220. The molecule has 3 aromatic rings. The number of thiazole rings is 1. The Labute approximate surface area is 150 Å². The van der Waals surface area contributed by atoms with Gasteiger partial charge in [-0.3, -0.25) is 4.79 Å². The molecule has 0 saturated carbocycles. The molecule has 1 atom stereocenters. The van der Waals surface area contributed by atoms with Crippen molar-refractivity contribution in [2.75, 3.05) is 18.8 Å². The molecular weight excluding hydrogens is 364 g/mol. The zero-order valence-corrected chi connectivity index (χ0v) is 14.4. The minimum absolute atomic E-state index is 0.133. The number of likely N-dealkylation sites (tertiary alicyclic amines) is 1. The summed E-state index contributed by atoms with van der Waals surface area (Å²) in [7, 11) is 0. The summed E-state index contributed by atoms with van der Waals surface area (Å²) < 4.78 is 27.8. The molecule has 0 unspecified atom stereocenters. The fourth-order valence-electron chi connectivity index (χ4n) is 3.21. The van der Waals surface area contributed by atoms with Gasteiger partial charge in [-0.25, -0.2) is 23.3 Å². The van der Waals surface area contributed by atoms with Crippen LogP contribution >= 0.6 is 11.3 Å². The monoisotopic (exact) mass is 379 g/mol. The minimum atomic E-state index is -2.70. The standard InChI is InChI=1S/C15H15F2N7OS/c16-12(17)9-4-11(24-15(22-9)19-7-20-24)8-2-1-3-23(5-8)13(25)10-6-26-14(18)21-10/h4,6-8,12H,1-3,5H2,(H2,18,21)/t8-/m0/s1. The first-order valence-electron chi connectivity index (χ1n) is 8.02.